The minimum atomic E-state index is -0.684. The van der Waals surface area contributed by atoms with Crippen molar-refractivity contribution in [2.24, 2.45) is 0 Å². The van der Waals surface area contributed by atoms with Gasteiger partial charge in [-0.15, -0.1) is 0 Å². The van der Waals surface area contributed by atoms with Gasteiger partial charge in [-0.05, 0) is 156 Å². The van der Waals surface area contributed by atoms with E-state index in [1.165, 1.54) is 17.3 Å². The average molecular weight is 1110 g/mol. The number of hydrogen-bond donors (Lipinski definition) is 0. The summed E-state index contributed by atoms with van der Waals surface area (Å²) in [6.45, 7) is 34.6. The molecule has 2 aromatic heterocycles. The molecule has 0 unspecified atom stereocenters. The summed E-state index contributed by atoms with van der Waals surface area (Å²) in [4.78, 5) is 9.50. The Bertz CT molecular complexity index is 4850. The van der Waals surface area contributed by atoms with Gasteiger partial charge in [0.15, 0.2) is 0 Å². The number of rotatable bonds is 8. The molecule has 0 fully saturated rings. The van der Waals surface area contributed by atoms with Crippen LogP contribution < -0.4 is 14.5 Å². The van der Waals surface area contributed by atoms with E-state index in [2.05, 4.69) is 122 Å². The zero-order valence-corrected chi connectivity index (χ0v) is 51.2. The second kappa shape index (κ2) is 19.9. The van der Waals surface area contributed by atoms with E-state index in [9.17, 15) is 6.85 Å². The Kier molecular flexibility index (Phi) is 10.3. The van der Waals surface area contributed by atoms with Crippen LogP contribution in [-0.4, -0.2) is 16.2 Å². The van der Waals surface area contributed by atoms with Crippen LogP contribution in [0.25, 0.3) is 61.0 Å². The predicted octanol–water partition coefficient (Wildman–Crippen LogP) is 21.8. The molecular weight excluding hydrogens is 1010 g/mol. The number of pyridine rings is 1. The van der Waals surface area contributed by atoms with Gasteiger partial charge in [0.25, 0.3) is 0 Å². The fourth-order valence-electron chi connectivity index (χ4n) is 12.3. The SMILES string of the molecule is [2H]c1c([2H])c([2H])c(-c2cnc(-n3c4cc(Oc5cccc(N6CN(c7c(-c8ccc9c(c8)C(C)(C)CCC9(C)C)cc(C(C)(C)C)cc7-c7c([2H])c([2H])c(C(C)(C)C)c([2H])c7C(C)(C)C)c7ccccc76)c5)ccc4c4c([2H])c([2H])c([2H])c([2H])c43)cc2C(C)(C)C)c([2H])c1[2H]. The third-order valence-electron chi connectivity index (χ3n) is 17.2. The first-order valence-corrected chi connectivity index (χ1v) is 29.2. The number of ether oxygens (including phenoxy) is 1. The summed E-state index contributed by atoms with van der Waals surface area (Å²) in [5.74, 6) is 1.17. The highest BCUT2D eigenvalue weighted by atomic mass is 16.5. The van der Waals surface area contributed by atoms with Crippen molar-refractivity contribution in [3.8, 4) is 50.7 Å². The van der Waals surface area contributed by atoms with Crippen LogP contribution in [0.2, 0.25) is 0 Å². The molecule has 0 saturated carbocycles. The monoisotopic (exact) mass is 1100 g/mol. The van der Waals surface area contributed by atoms with E-state index in [0.29, 0.717) is 51.3 Å². The van der Waals surface area contributed by atoms with Gasteiger partial charge < -0.3 is 14.5 Å². The Labute approximate surface area is 511 Å². The Morgan fingerprint density at radius 1 is 0.482 bits per heavy atom. The summed E-state index contributed by atoms with van der Waals surface area (Å²) in [5, 5.41) is 0.795. The molecule has 3 heterocycles. The lowest BCUT2D eigenvalue weighted by Gasteiger charge is -2.42. The molecule has 0 bridgehead atoms. The second-order valence-corrected chi connectivity index (χ2v) is 28.4. The molecule has 0 N–H and O–H groups in total. The summed E-state index contributed by atoms with van der Waals surface area (Å²) in [6, 6.07) is 31.8. The van der Waals surface area contributed by atoms with Crippen molar-refractivity contribution in [2.75, 3.05) is 16.5 Å². The van der Waals surface area contributed by atoms with Crippen LogP contribution in [0.5, 0.6) is 11.5 Å². The Morgan fingerprint density at radius 3 is 1.83 bits per heavy atom. The van der Waals surface area contributed by atoms with Crippen LogP contribution in [0, 0.1) is 0 Å². The topological polar surface area (TPSA) is 33.5 Å². The standard InChI is InChI=1S/C78H84N4O/c1-73(2,3)52-34-36-57(64(44-52)75(7,8)9)61-43-53(74(4,5)6)42-60(51-33-38-63-66(41-51)78(15,16)40-39-77(63,13)14)72(61)81-49-80(68-31-22-23-32-69(68)81)54-27-24-28-55(45-54)83-56-35-37-59-58-29-20-21-30-67(58)82(70(59)46-56)71-47-65(76(10,11)12)62(48-79-71)50-25-18-17-19-26-50/h17-38,41-48H,39-40,49H2,1-16H3/i17D,18D,19D,20D,21D,25D,26D,29D,30D,34D,36D,44D. The van der Waals surface area contributed by atoms with Crippen molar-refractivity contribution in [1.82, 2.24) is 9.55 Å². The van der Waals surface area contributed by atoms with Gasteiger partial charge in [0.2, 0.25) is 0 Å². The number of hydrogen-bond acceptors (Lipinski definition) is 4. The van der Waals surface area contributed by atoms with E-state index < -0.39 is 46.5 Å². The summed E-state index contributed by atoms with van der Waals surface area (Å²) < 4.78 is 118. The molecule has 5 heteroatoms. The van der Waals surface area contributed by atoms with Crippen LogP contribution in [0.3, 0.4) is 0 Å². The molecule has 83 heavy (non-hydrogen) atoms. The molecule has 422 valence electrons. The second-order valence-electron chi connectivity index (χ2n) is 28.4. The number of aromatic nitrogens is 2. The third kappa shape index (κ3) is 10.1. The quantitative estimate of drug-likeness (QED) is 0.152. The van der Waals surface area contributed by atoms with E-state index in [1.54, 1.807) is 28.8 Å². The van der Waals surface area contributed by atoms with E-state index in [-0.39, 0.29) is 80.8 Å². The highest BCUT2D eigenvalue weighted by Crippen LogP contribution is 2.55. The average Bonchev–Trinajstić information content (AvgIpc) is 1.72. The molecule has 1 aliphatic carbocycles. The van der Waals surface area contributed by atoms with Gasteiger partial charge in [-0.25, -0.2) is 4.98 Å². The van der Waals surface area contributed by atoms with Crippen LogP contribution in [0.4, 0.5) is 22.7 Å². The highest BCUT2D eigenvalue weighted by molar-refractivity contribution is 6.09. The summed E-state index contributed by atoms with van der Waals surface area (Å²) >= 11 is 0. The van der Waals surface area contributed by atoms with Gasteiger partial charge in [-0.2, -0.15) is 0 Å². The van der Waals surface area contributed by atoms with Crippen molar-refractivity contribution in [1.29, 1.82) is 0 Å². The van der Waals surface area contributed by atoms with Crippen LogP contribution in [0.1, 0.15) is 173 Å². The number of nitrogens with zero attached hydrogens (tertiary/aromatic N) is 4. The molecule has 0 atom stereocenters. The number of anilines is 4. The van der Waals surface area contributed by atoms with Crippen molar-refractivity contribution in [3.05, 3.63) is 215 Å². The fraction of sp³-hybridized carbons (Fsp3) is 0.321. The van der Waals surface area contributed by atoms with Gasteiger partial charge in [-0.3, -0.25) is 4.57 Å². The largest absolute Gasteiger partial charge is 0.457 e. The minimum Gasteiger partial charge on any atom is -0.457 e. The molecule has 0 spiro atoms. The molecular formula is C78H84N4O. The molecule has 5 nitrogen and oxygen atoms in total. The number of fused-ring (bicyclic) bond motifs is 5. The van der Waals surface area contributed by atoms with E-state index in [1.807, 2.05) is 77.9 Å². The van der Waals surface area contributed by atoms with Gasteiger partial charge in [0.1, 0.15) is 24.0 Å². The molecule has 12 rings (SSSR count). The molecule has 10 aromatic rings. The predicted molar refractivity (Wildman–Crippen MR) is 354 cm³/mol. The van der Waals surface area contributed by atoms with Crippen LogP contribution in [0.15, 0.2) is 182 Å². The van der Waals surface area contributed by atoms with Gasteiger partial charge >= 0.3 is 0 Å². The molecule has 0 saturated heterocycles. The molecule has 8 aromatic carbocycles. The number of para-hydroxylation sites is 3. The van der Waals surface area contributed by atoms with Crippen LogP contribution >= 0.6 is 0 Å². The normalized spacial score (nSPS) is 17.3. The maximum atomic E-state index is 10.3. The summed E-state index contributed by atoms with van der Waals surface area (Å²) in [7, 11) is 0. The minimum absolute atomic E-state index is 0.000987. The molecule has 0 radical (unpaired) electrons. The van der Waals surface area contributed by atoms with Gasteiger partial charge in [-0.1, -0.05) is 214 Å². The van der Waals surface area contributed by atoms with Gasteiger partial charge in [0, 0.05) is 51.5 Å². The van der Waals surface area contributed by atoms with Crippen molar-refractivity contribution >= 4 is 44.6 Å². The first-order valence-electron chi connectivity index (χ1n) is 35.2. The Hall–Kier alpha value is -7.89. The highest BCUT2D eigenvalue weighted by Gasteiger charge is 2.39. The van der Waals surface area contributed by atoms with E-state index in [0.717, 1.165) is 63.4 Å². The van der Waals surface area contributed by atoms with E-state index in [4.69, 9.17) is 19.3 Å². The van der Waals surface area contributed by atoms with Crippen molar-refractivity contribution in [2.45, 2.75) is 156 Å². The fourth-order valence-corrected chi connectivity index (χ4v) is 12.3. The Balaban J connectivity index is 1.03. The first-order chi connectivity index (χ1) is 44.1. The van der Waals surface area contributed by atoms with E-state index >= 15 is 0 Å². The molecule has 1 aliphatic heterocycles. The maximum Gasteiger partial charge on any atom is 0.137 e. The third-order valence-corrected chi connectivity index (χ3v) is 17.2. The van der Waals surface area contributed by atoms with Gasteiger partial charge in [0.05, 0.1) is 44.5 Å². The molecule has 0 amide bonds. The summed E-state index contributed by atoms with van der Waals surface area (Å²) in [6.07, 6.45) is 3.59. The van der Waals surface area contributed by atoms with Crippen molar-refractivity contribution in [3.63, 3.8) is 0 Å². The zero-order valence-electron chi connectivity index (χ0n) is 63.2. The maximum absolute atomic E-state index is 10.3. The summed E-state index contributed by atoms with van der Waals surface area (Å²) in [5.41, 5.74) is 11.1. The lowest BCUT2D eigenvalue weighted by molar-refractivity contribution is 0.332. The van der Waals surface area contributed by atoms with Crippen LogP contribution in [-0.2, 0) is 32.5 Å². The smallest absolute Gasteiger partial charge is 0.137 e. The van der Waals surface area contributed by atoms with Crippen molar-refractivity contribution < 1.29 is 21.2 Å². The number of benzene rings is 8. The molecule has 2 aliphatic rings. The lowest BCUT2D eigenvalue weighted by atomic mass is 9.63. The zero-order chi connectivity index (χ0) is 69.2. The lowest BCUT2D eigenvalue weighted by Crippen LogP contribution is -2.33. The first kappa shape index (κ1) is 42.9. The Morgan fingerprint density at radius 2 is 1.13 bits per heavy atom.